The molecule has 1 atom stereocenters. The van der Waals surface area contributed by atoms with Crippen LogP contribution < -0.4 is 9.47 Å². The average molecular weight is 266 g/mol. The van der Waals surface area contributed by atoms with E-state index in [-0.39, 0.29) is 11.7 Å². The van der Waals surface area contributed by atoms with Gasteiger partial charge in [0.25, 0.3) is 0 Å². The van der Waals surface area contributed by atoms with E-state index >= 15 is 0 Å². The van der Waals surface area contributed by atoms with Crippen molar-refractivity contribution in [1.29, 1.82) is 0 Å². The van der Waals surface area contributed by atoms with Crippen LogP contribution in [0.25, 0.3) is 0 Å². The van der Waals surface area contributed by atoms with Crippen LogP contribution in [0.4, 0.5) is 4.39 Å². The van der Waals surface area contributed by atoms with Gasteiger partial charge in [-0.05, 0) is 12.0 Å². The summed E-state index contributed by atoms with van der Waals surface area (Å²) in [7, 11) is 0. The maximum Gasteiger partial charge on any atom is 0.164 e. The summed E-state index contributed by atoms with van der Waals surface area (Å²) in [5.41, 5.74) is 0.408. The highest BCUT2D eigenvalue weighted by Crippen LogP contribution is 2.37. The van der Waals surface area contributed by atoms with E-state index in [2.05, 4.69) is 0 Å². The quantitative estimate of drug-likeness (QED) is 0.838. The van der Waals surface area contributed by atoms with Gasteiger partial charge in [0.05, 0.1) is 0 Å². The lowest BCUT2D eigenvalue weighted by atomic mass is 9.83. The third-order valence-corrected chi connectivity index (χ3v) is 3.36. The zero-order valence-corrected chi connectivity index (χ0v) is 11.5. The van der Waals surface area contributed by atoms with Crippen LogP contribution in [0, 0.1) is 11.7 Å². The van der Waals surface area contributed by atoms with Crippen LogP contribution in [0.1, 0.15) is 38.7 Å². The number of halogens is 1. The first kappa shape index (κ1) is 13.8. The summed E-state index contributed by atoms with van der Waals surface area (Å²) in [5, 5.41) is 0. The molecule has 2 rings (SSSR count). The van der Waals surface area contributed by atoms with E-state index in [0.29, 0.717) is 36.7 Å². The molecular formula is C15H19FO3. The van der Waals surface area contributed by atoms with E-state index < -0.39 is 11.7 Å². The van der Waals surface area contributed by atoms with Gasteiger partial charge in [0.15, 0.2) is 11.5 Å². The number of hydrogen-bond acceptors (Lipinski definition) is 3. The van der Waals surface area contributed by atoms with E-state index in [1.807, 2.05) is 13.8 Å². The minimum absolute atomic E-state index is 0.0458. The summed E-state index contributed by atoms with van der Waals surface area (Å²) in [6.07, 6.45) is 0.400. The number of ether oxygens (including phenoxy) is 2. The SMILES string of the molecule is CCC(=O)C(c1cc2c(cc1F)OCCO2)C(C)C. The van der Waals surface area contributed by atoms with Crippen molar-refractivity contribution in [2.24, 2.45) is 5.92 Å². The summed E-state index contributed by atoms with van der Waals surface area (Å²) in [6, 6.07) is 2.93. The fraction of sp³-hybridized carbons (Fsp3) is 0.533. The molecule has 0 amide bonds. The van der Waals surface area contributed by atoms with Crippen molar-refractivity contribution in [3.05, 3.63) is 23.5 Å². The molecule has 104 valence electrons. The Morgan fingerprint density at radius 1 is 1.26 bits per heavy atom. The number of carbonyl (C=O) groups is 1. The van der Waals surface area contributed by atoms with Gasteiger partial charge in [-0.25, -0.2) is 4.39 Å². The molecule has 0 aliphatic carbocycles. The smallest absolute Gasteiger partial charge is 0.164 e. The topological polar surface area (TPSA) is 35.5 Å². The van der Waals surface area contributed by atoms with Crippen LogP contribution in [0.5, 0.6) is 11.5 Å². The molecule has 0 spiro atoms. The Morgan fingerprint density at radius 2 is 1.84 bits per heavy atom. The molecule has 0 N–H and O–H groups in total. The second-order valence-corrected chi connectivity index (χ2v) is 5.06. The number of hydrogen-bond donors (Lipinski definition) is 0. The molecular weight excluding hydrogens is 247 g/mol. The molecule has 4 heteroatoms. The van der Waals surface area contributed by atoms with Gasteiger partial charge in [0.2, 0.25) is 0 Å². The molecule has 1 aromatic rings. The number of rotatable bonds is 4. The Morgan fingerprint density at radius 3 is 2.37 bits per heavy atom. The van der Waals surface area contributed by atoms with Gasteiger partial charge < -0.3 is 9.47 Å². The van der Waals surface area contributed by atoms with Gasteiger partial charge in [-0.1, -0.05) is 20.8 Å². The zero-order chi connectivity index (χ0) is 14.0. The van der Waals surface area contributed by atoms with E-state index in [0.717, 1.165) is 0 Å². The highest BCUT2D eigenvalue weighted by molar-refractivity contribution is 5.86. The molecule has 1 unspecified atom stereocenters. The van der Waals surface area contributed by atoms with Gasteiger partial charge in [0.1, 0.15) is 24.8 Å². The van der Waals surface area contributed by atoms with Crippen LogP contribution in [0.2, 0.25) is 0 Å². The van der Waals surface area contributed by atoms with Crippen LogP contribution in [-0.2, 0) is 4.79 Å². The Balaban J connectivity index is 2.45. The normalized spacial score (nSPS) is 15.4. The molecule has 0 radical (unpaired) electrons. The molecule has 0 saturated heterocycles. The first-order chi connectivity index (χ1) is 9.04. The largest absolute Gasteiger partial charge is 0.486 e. The second-order valence-electron chi connectivity index (χ2n) is 5.06. The maximum absolute atomic E-state index is 14.2. The summed E-state index contributed by atoms with van der Waals surface area (Å²) in [5.74, 6) is 0.205. The molecule has 3 nitrogen and oxygen atoms in total. The number of Topliss-reactive ketones (excluding diaryl/α,β-unsaturated/α-hetero) is 1. The monoisotopic (exact) mass is 266 g/mol. The van der Waals surface area contributed by atoms with Gasteiger partial charge in [0, 0.05) is 24.0 Å². The van der Waals surface area contributed by atoms with Crippen LogP contribution in [0.15, 0.2) is 12.1 Å². The molecule has 1 heterocycles. The lowest BCUT2D eigenvalue weighted by molar-refractivity contribution is -0.121. The number of ketones is 1. The molecule has 1 aliphatic rings. The number of carbonyl (C=O) groups excluding carboxylic acids is 1. The first-order valence-electron chi connectivity index (χ1n) is 6.66. The fourth-order valence-electron chi connectivity index (χ4n) is 2.44. The van der Waals surface area contributed by atoms with E-state index in [9.17, 15) is 9.18 Å². The number of benzene rings is 1. The minimum atomic E-state index is -0.430. The Kier molecular flexibility index (Phi) is 4.08. The van der Waals surface area contributed by atoms with Crippen molar-refractivity contribution in [3.63, 3.8) is 0 Å². The highest BCUT2D eigenvalue weighted by atomic mass is 19.1. The van der Waals surface area contributed by atoms with Crippen LogP contribution in [-0.4, -0.2) is 19.0 Å². The average Bonchev–Trinajstić information content (AvgIpc) is 2.39. The third kappa shape index (κ3) is 2.72. The molecule has 19 heavy (non-hydrogen) atoms. The van der Waals surface area contributed by atoms with Crippen molar-refractivity contribution in [2.75, 3.05) is 13.2 Å². The summed E-state index contributed by atoms with van der Waals surface area (Å²) in [6.45, 7) is 6.52. The predicted octanol–water partition coefficient (Wildman–Crippen LogP) is 3.32. The molecule has 0 saturated carbocycles. The minimum Gasteiger partial charge on any atom is -0.486 e. The Labute approximate surface area is 112 Å². The van der Waals surface area contributed by atoms with Gasteiger partial charge >= 0.3 is 0 Å². The van der Waals surface area contributed by atoms with Gasteiger partial charge in [-0.15, -0.1) is 0 Å². The van der Waals surface area contributed by atoms with Crippen molar-refractivity contribution in [2.45, 2.75) is 33.1 Å². The molecule has 1 aromatic carbocycles. The van der Waals surface area contributed by atoms with Crippen LogP contribution in [0.3, 0.4) is 0 Å². The van der Waals surface area contributed by atoms with E-state index in [1.165, 1.54) is 6.07 Å². The third-order valence-electron chi connectivity index (χ3n) is 3.36. The second kappa shape index (κ2) is 5.59. The summed E-state index contributed by atoms with van der Waals surface area (Å²) < 4.78 is 25.0. The molecule has 1 aliphatic heterocycles. The fourth-order valence-corrected chi connectivity index (χ4v) is 2.44. The van der Waals surface area contributed by atoms with E-state index in [4.69, 9.17) is 9.47 Å². The lowest BCUT2D eigenvalue weighted by Gasteiger charge is -2.24. The highest BCUT2D eigenvalue weighted by Gasteiger charge is 2.28. The van der Waals surface area contributed by atoms with Crippen LogP contribution >= 0.6 is 0 Å². The van der Waals surface area contributed by atoms with Gasteiger partial charge in [-0.2, -0.15) is 0 Å². The molecule has 0 aromatic heterocycles. The Bertz CT molecular complexity index is 483. The first-order valence-corrected chi connectivity index (χ1v) is 6.66. The van der Waals surface area contributed by atoms with Crippen molar-refractivity contribution in [1.82, 2.24) is 0 Å². The summed E-state index contributed by atoms with van der Waals surface area (Å²) >= 11 is 0. The zero-order valence-electron chi connectivity index (χ0n) is 11.5. The lowest BCUT2D eigenvalue weighted by Crippen LogP contribution is -2.21. The maximum atomic E-state index is 14.2. The Hall–Kier alpha value is -1.58. The number of fused-ring (bicyclic) bond motifs is 1. The van der Waals surface area contributed by atoms with Crippen molar-refractivity contribution < 1.29 is 18.7 Å². The van der Waals surface area contributed by atoms with Crippen molar-refractivity contribution >= 4 is 5.78 Å². The van der Waals surface area contributed by atoms with Crippen molar-refractivity contribution in [3.8, 4) is 11.5 Å². The predicted molar refractivity (Wildman–Crippen MR) is 70.3 cm³/mol. The standard InChI is InChI=1S/C15H19FO3/c1-4-12(17)15(9(2)3)10-7-13-14(8-11(10)16)19-6-5-18-13/h7-9,15H,4-6H2,1-3H3. The van der Waals surface area contributed by atoms with E-state index in [1.54, 1.807) is 13.0 Å². The summed E-state index contributed by atoms with van der Waals surface area (Å²) in [4.78, 5) is 12.0. The van der Waals surface area contributed by atoms with Gasteiger partial charge in [-0.3, -0.25) is 4.79 Å². The molecule has 0 bridgehead atoms. The molecule has 0 fully saturated rings.